The number of amides is 1. The fourth-order valence-corrected chi connectivity index (χ4v) is 3.63. The largest absolute Gasteiger partial charge is 0.486 e. The molecule has 0 saturated carbocycles. The van der Waals surface area contributed by atoms with Gasteiger partial charge >= 0.3 is 18.0 Å². The lowest BCUT2D eigenvalue weighted by atomic mass is 10.1. The molecule has 2 heterocycles. The highest BCUT2D eigenvalue weighted by Crippen LogP contribution is 2.36. The quantitative estimate of drug-likeness (QED) is 0.465. The topological polar surface area (TPSA) is 104 Å². The summed E-state index contributed by atoms with van der Waals surface area (Å²) in [5, 5.41) is 0. The first-order chi connectivity index (χ1) is 16.0. The second-order valence-corrected chi connectivity index (χ2v) is 8.78. The van der Waals surface area contributed by atoms with Gasteiger partial charge in [-0.05, 0) is 32.9 Å². The van der Waals surface area contributed by atoms with Crippen LogP contribution < -0.4 is 9.64 Å². The maximum atomic E-state index is 14.3. The lowest BCUT2D eigenvalue weighted by Crippen LogP contribution is -2.39. The number of likely N-dealkylation sites (tertiary alicyclic amines) is 1. The minimum absolute atomic E-state index is 0.0622. The van der Waals surface area contributed by atoms with Crippen LogP contribution in [0.5, 0.6) is 5.75 Å². The molecule has 3 rings (SSSR count). The number of rotatable bonds is 5. The summed E-state index contributed by atoms with van der Waals surface area (Å²) >= 11 is 0. The van der Waals surface area contributed by atoms with Crippen LogP contribution in [0, 0.1) is 5.82 Å². The van der Waals surface area contributed by atoms with Crippen molar-refractivity contribution in [1.29, 1.82) is 0 Å². The molecule has 0 radical (unpaired) electrons. The number of hydrogen-bond acceptors (Lipinski definition) is 9. The molecule has 0 aliphatic carbocycles. The van der Waals surface area contributed by atoms with Crippen molar-refractivity contribution in [3.05, 3.63) is 35.3 Å². The fourth-order valence-electron chi connectivity index (χ4n) is 3.63. The zero-order chi connectivity index (χ0) is 25.0. The number of methoxy groups -OCH3 is 2. The van der Waals surface area contributed by atoms with Crippen molar-refractivity contribution in [2.24, 2.45) is 0 Å². The highest BCUT2D eigenvalue weighted by Gasteiger charge is 2.35. The summed E-state index contributed by atoms with van der Waals surface area (Å²) < 4.78 is 40.9. The van der Waals surface area contributed by atoms with Crippen LogP contribution in [-0.4, -0.2) is 75.3 Å². The molecule has 0 bridgehead atoms. The number of esters is 2. The van der Waals surface area contributed by atoms with E-state index in [0.717, 1.165) is 0 Å². The predicted octanol–water partition coefficient (Wildman–Crippen LogP) is 2.61. The van der Waals surface area contributed by atoms with Crippen molar-refractivity contribution < 1.29 is 42.5 Å². The monoisotopic (exact) mass is 480 g/mol. The SMILES string of the molecule is COC(=O)C1=C(C(=O)OC)N(c2cc(F)ccc2OC2CCN(C(=O)OC(C)(C)C)C2)COC1. The van der Waals surface area contributed by atoms with E-state index < -0.39 is 35.6 Å². The summed E-state index contributed by atoms with van der Waals surface area (Å²) in [7, 11) is 2.35. The number of ether oxygens (including phenoxy) is 5. The zero-order valence-electron chi connectivity index (χ0n) is 19.9. The molecule has 2 aliphatic heterocycles. The van der Waals surface area contributed by atoms with E-state index in [2.05, 4.69) is 0 Å². The number of benzene rings is 1. The summed E-state index contributed by atoms with van der Waals surface area (Å²) in [6, 6.07) is 3.80. The summed E-state index contributed by atoms with van der Waals surface area (Å²) in [6.45, 7) is 5.74. The number of carbonyl (C=O) groups is 3. The number of halogens is 1. The van der Waals surface area contributed by atoms with Gasteiger partial charge in [0.1, 0.15) is 35.7 Å². The van der Waals surface area contributed by atoms with E-state index in [0.29, 0.717) is 13.0 Å². The van der Waals surface area contributed by atoms with Crippen LogP contribution in [0.1, 0.15) is 27.2 Å². The van der Waals surface area contributed by atoms with Gasteiger partial charge in [-0.15, -0.1) is 0 Å². The lowest BCUT2D eigenvalue weighted by Gasteiger charge is -2.32. The third-order valence-electron chi connectivity index (χ3n) is 5.14. The summed E-state index contributed by atoms with van der Waals surface area (Å²) in [4.78, 5) is 40.0. The Labute approximate surface area is 197 Å². The molecule has 0 aromatic heterocycles. The Hall–Kier alpha value is -3.34. The van der Waals surface area contributed by atoms with Crippen molar-refractivity contribution in [2.75, 3.05) is 45.5 Å². The lowest BCUT2D eigenvalue weighted by molar-refractivity contribution is -0.140. The molecule has 186 valence electrons. The predicted molar refractivity (Wildman–Crippen MR) is 118 cm³/mol. The highest BCUT2D eigenvalue weighted by atomic mass is 19.1. The highest BCUT2D eigenvalue weighted by molar-refractivity contribution is 6.03. The number of carbonyl (C=O) groups excluding carboxylic acids is 3. The molecule has 1 amide bonds. The Morgan fingerprint density at radius 3 is 2.47 bits per heavy atom. The van der Waals surface area contributed by atoms with E-state index >= 15 is 0 Å². The molecule has 2 aliphatic rings. The third kappa shape index (κ3) is 5.77. The van der Waals surface area contributed by atoms with Gasteiger partial charge in [-0.3, -0.25) is 0 Å². The molecule has 1 aromatic carbocycles. The molecule has 34 heavy (non-hydrogen) atoms. The number of nitrogens with zero attached hydrogens (tertiary/aromatic N) is 2. The van der Waals surface area contributed by atoms with E-state index in [1.807, 2.05) is 0 Å². The smallest absolute Gasteiger partial charge is 0.410 e. The number of hydrogen-bond donors (Lipinski definition) is 0. The summed E-state index contributed by atoms with van der Waals surface area (Å²) in [6.07, 6.45) is -0.311. The van der Waals surface area contributed by atoms with E-state index in [-0.39, 0.29) is 42.6 Å². The second-order valence-electron chi connectivity index (χ2n) is 8.78. The molecule has 1 atom stereocenters. The maximum absolute atomic E-state index is 14.3. The molecular weight excluding hydrogens is 451 g/mol. The minimum Gasteiger partial charge on any atom is -0.486 e. The van der Waals surface area contributed by atoms with Crippen molar-refractivity contribution >= 4 is 23.7 Å². The van der Waals surface area contributed by atoms with Crippen molar-refractivity contribution in [2.45, 2.75) is 38.9 Å². The molecule has 1 unspecified atom stereocenters. The molecule has 0 spiro atoms. The van der Waals surface area contributed by atoms with E-state index in [1.54, 1.807) is 20.8 Å². The van der Waals surface area contributed by atoms with Crippen LogP contribution >= 0.6 is 0 Å². The van der Waals surface area contributed by atoms with Gasteiger partial charge < -0.3 is 33.5 Å². The van der Waals surface area contributed by atoms with Crippen LogP contribution in [0.3, 0.4) is 0 Å². The van der Waals surface area contributed by atoms with Gasteiger partial charge in [0.2, 0.25) is 0 Å². The average molecular weight is 480 g/mol. The van der Waals surface area contributed by atoms with Gasteiger partial charge in [-0.25, -0.2) is 18.8 Å². The second kappa shape index (κ2) is 10.3. The van der Waals surface area contributed by atoms with Crippen molar-refractivity contribution in [3.63, 3.8) is 0 Å². The van der Waals surface area contributed by atoms with E-state index in [1.165, 1.54) is 42.2 Å². The Kier molecular flexibility index (Phi) is 7.65. The van der Waals surface area contributed by atoms with Gasteiger partial charge in [0.05, 0.1) is 38.6 Å². The molecule has 1 fully saturated rings. The maximum Gasteiger partial charge on any atom is 0.410 e. The van der Waals surface area contributed by atoms with Crippen LogP contribution in [0.2, 0.25) is 0 Å². The van der Waals surface area contributed by atoms with E-state index in [9.17, 15) is 18.8 Å². The first-order valence-corrected chi connectivity index (χ1v) is 10.7. The van der Waals surface area contributed by atoms with Crippen molar-refractivity contribution in [1.82, 2.24) is 4.90 Å². The Balaban J connectivity index is 1.89. The molecule has 10 nitrogen and oxygen atoms in total. The Morgan fingerprint density at radius 1 is 1.12 bits per heavy atom. The standard InChI is InChI=1S/C23H29FN2O8/c1-23(2,3)34-22(29)25-9-8-15(11-25)33-18-7-6-14(24)10-17(18)26-13-32-12-16(20(27)30-4)19(26)21(28)31-5/h6-7,10,15H,8-9,11-13H2,1-5H3. The van der Waals surface area contributed by atoms with Crippen LogP contribution in [0.4, 0.5) is 14.9 Å². The van der Waals surface area contributed by atoms with Gasteiger partial charge in [-0.2, -0.15) is 0 Å². The van der Waals surface area contributed by atoms with Gasteiger partial charge in [0, 0.05) is 19.0 Å². The summed E-state index contributed by atoms with van der Waals surface area (Å²) in [5.41, 5.74) is -0.648. The Morgan fingerprint density at radius 2 is 1.82 bits per heavy atom. The van der Waals surface area contributed by atoms with Crippen LogP contribution in [0.15, 0.2) is 29.5 Å². The molecular formula is C23H29FN2O8. The molecule has 1 aromatic rings. The first kappa shape index (κ1) is 25.3. The first-order valence-electron chi connectivity index (χ1n) is 10.7. The normalized spacial score (nSPS) is 18.6. The van der Waals surface area contributed by atoms with Gasteiger partial charge in [0.25, 0.3) is 0 Å². The fraction of sp³-hybridized carbons (Fsp3) is 0.522. The van der Waals surface area contributed by atoms with Crippen LogP contribution in [0.25, 0.3) is 0 Å². The minimum atomic E-state index is -0.809. The average Bonchev–Trinajstić information content (AvgIpc) is 3.26. The van der Waals surface area contributed by atoms with Crippen molar-refractivity contribution in [3.8, 4) is 5.75 Å². The molecule has 1 saturated heterocycles. The Bertz CT molecular complexity index is 988. The number of anilines is 1. The summed E-state index contributed by atoms with van der Waals surface area (Å²) in [5.74, 6) is -1.92. The van der Waals surface area contributed by atoms with Gasteiger partial charge in [0.15, 0.2) is 0 Å². The third-order valence-corrected chi connectivity index (χ3v) is 5.14. The van der Waals surface area contributed by atoms with Crippen LogP contribution in [-0.2, 0) is 28.5 Å². The zero-order valence-corrected chi connectivity index (χ0v) is 19.9. The van der Waals surface area contributed by atoms with Gasteiger partial charge in [-0.1, -0.05) is 0 Å². The van der Waals surface area contributed by atoms with E-state index in [4.69, 9.17) is 23.7 Å². The molecule has 11 heteroatoms. The molecule has 0 N–H and O–H groups in total.